The molecule has 0 heterocycles. The van der Waals surface area contributed by atoms with Crippen LogP contribution in [0.2, 0.25) is 0 Å². The Balaban J connectivity index is 2.26. The van der Waals surface area contributed by atoms with Gasteiger partial charge in [-0.1, -0.05) is 42.5 Å². The third kappa shape index (κ3) is 3.23. The molecule has 0 spiro atoms. The molecule has 94 valence electrons. The molecule has 0 fully saturated rings. The molecule has 2 atom stereocenters. The first-order chi connectivity index (χ1) is 8.68. The van der Waals surface area contributed by atoms with Crippen molar-refractivity contribution in [3.05, 3.63) is 63.7 Å². The molecule has 3 heteroatoms. The van der Waals surface area contributed by atoms with Crippen LogP contribution in [0.1, 0.15) is 18.6 Å². The highest BCUT2D eigenvalue weighted by Crippen LogP contribution is 2.27. The summed E-state index contributed by atoms with van der Waals surface area (Å²) < 4.78 is 7.15. The van der Waals surface area contributed by atoms with Gasteiger partial charge in [-0.3, -0.25) is 0 Å². The van der Waals surface area contributed by atoms with Gasteiger partial charge in [-0.05, 0) is 47.2 Å². The number of benzene rings is 2. The molecule has 2 unspecified atom stereocenters. The fraction of sp³-hybridized carbons (Fsp3) is 0.200. The Labute approximate surface area is 121 Å². The molecule has 0 radical (unpaired) electrons. The number of ether oxygens (including phenoxy) is 1. The molecule has 0 saturated carbocycles. The Morgan fingerprint density at radius 3 is 2.22 bits per heavy atom. The first kappa shape index (κ1) is 13.4. The van der Waals surface area contributed by atoms with Crippen molar-refractivity contribution >= 4 is 22.6 Å². The van der Waals surface area contributed by atoms with Gasteiger partial charge in [0.2, 0.25) is 0 Å². The topological polar surface area (TPSA) is 35.2 Å². The Morgan fingerprint density at radius 2 is 1.61 bits per heavy atom. The van der Waals surface area contributed by atoms with E-state index in [0.29, 0.717) is 0 Å². The second-order valence-electron chi connectivity index (χ2n) is 4.24. The summed E-state index contributed by atoms with van der Waals surface area (Å²) in [4.78, 5) is 0. The molecular weight excluding hydrogens is 337 g/mol. The Bertz CT molecular complexity index is 499. The van der Waals surface area contributed by atoms with Gasteiger partial charge >= 0.3 is 0 Å². The molecule has 0 aromatic heterocycles. The summed E-state index contributed by atoms with van der Waals surface area (Å²) in [6.45, 7) is 1.97. The van der Waals surface area contributed by atoms with Crippen molar-refractivity contribution in [2.24, 2.45) is 5.73 Å². The van der Waals surface area contributed by atoms with Gasteiger partial charge < -0.3 is 10.5 Å². The molecule has 0 saturated heterocycles. The zero-order valence-electron chi connectivity index (χ0n) is 10.2. The summed E-state index contributed by atoms with van der Waals surface area (Å²) in [7, 11) is 0. The van der Waals surface area contributed by atoms with E-state index in [0.717, 1.165) is 14.9 Å². The highest BCUT2D eigenvalue weighted by Gasteiger charge is 2.18. The van der Waals surface area contributed by atoms with E-state index in [4.69, 9.17) is 10.5 Å². The third-order valence-electron chi connectivity index (χ3n) is 2.70. The second-order valence-corrected chi connectivity index (χ2v) is 5.40. The number of hydrogen-bond donors (Lipinski definition) is 1. The van der Waals surface area contributed by atoms with Crippen molar-refractivity contribution in [1.29, 1.82) is 0 Å². The summed E-state index contributed by atoms with van der Waals surface area (Å²) in [6, 6.07) is 18.0. The number of nitrogens with two attached hydrogens (primary N) is 1. The molecule has 2 aromatic rings. The molecule has 0 aliphatic rings. The van der Waals surface area contributed by atoms with Crippen LogP contribution < -0.4 is 10.5 Å². The van der Waals surface area contributed by atoms with Gasteiger partial charge in [0, 0.05) is 6.04 Å². The van der Waals surface area contributed by atoms with Crippen molar-refractivity contribution in [1.82, 2.24) is 0 Å². The smallest absolute Gasteiger partial charge is 0.139 e. The lowest BCUT2D eigenvalue weighted by atomic mass is 10.0. The Hall–Kier alpha value is -1.07. The van der Waals surface area contributed by atoms with Crippen molar-refractivity contribution in [2.75, 3.05) is 0 Å². The minimum atomic E-state index is -0.123. The zero-order valence-corrected chi connectivity index (χ0v) is 12.4. The molecule has 0 aliphatic carbocycles. The molecular formula is C15H16INO. The van der Waals surface area contributed by atoms with Crippen LogP contribution in [0, 0.1) is 3.57 Å². The summed E-state index contributed by atoms with van der Waals surface area (Å²) in [6.07, 6.45) is -0.123. The molecule has 0 amide bonds. The number of para-hydroxylation sites is 1. The lowest BCUT2D eigenvalue weighted by Crippen LogP contribution is -2.29. The van der Waals surface area contributed by atoms with Crippen LogP contribution in [-0.2, 0) is 0 Å². The maximum Gasteiger partial charge on any atom is 0.139 e. The second kappa shape index (κ2) is 6.20. The van der Waals surface area contributed by atoms with Gasteiger partial charge in [-0.25, -0.2) is 0 Å². The van der Waals surface area contributed by atoms with Gasteiger partial charge in [0.15, 0.2) is 0 Å². The van der Waals surface area contributed by atoms with Crippen LogP contribution in [-0.4, -0.2) is 6.04 Å². The van der Waals surface area contributed by atoms with E-state index < -0.39 is 0 Å². The van der Waals surface area contributed by atoms with E-state index >= 15 is 0 Å². The summed E-state index contributed by atoms with van der Waals surface area (Å²) in [5, 5.41) is 0. The van der Waals surface area contributed by atoms with Crippen LogP contribution in [0.5, 0.6) is 5.75 Å². The highest BCUT2D eigenvalue weighted by molar-refractivity contribution is 14.1. The van der Waals surface area contributed by atoms with E-state index in [9.17, 15) is 0 Å². The van der Waals surface area contributed by atoms with Crippen LogP contribution in [0.25, 0.3) is 0 Å². The average molecular weight is 353 g/mol. The Kier molecular flexibility index (Phi) is 4.60. The zero-order chi connectivity index (χ0) is 13.0. The van der Waals surface area contributed by atoms with E-state index in [-0.39, 0.29) is 12.1 Å². The monoisotopic (exact) mass is 353 g/mol. The third-order valence-corrected chi connectivity index (χ3v) is 3.59. The molecule has 0 aliphatic heterocycles. The van der Waals surface area contributed by atoms with Gasteiger partial charge in [0.05, 0.1) is 3.57 Å². The summed E-state index contributed by atoms with van der Waals surface area (Å²) in [5.41, 5.74) is 7.14. The number of halogens is 1. The van der Waals surface area contributed by atoms with Crippen LogP contribution >= 0.6 is 22.6 Å². The van der Waals surface area contributed by atoms with Crippen molar-refractivity contribution in [3.8, 4) is 5.75 Å². The van der Waals surface area contributed by atoms with E-state index in [1.165, 1.54) is 0 Å². The van der Waals surface area contributed by atoms with Crippen LogP contribution in [0.15, 0.2) is 54.6 Å². The lowest BCUT2D eigenvalue weighted by Gasteiger charge is -2.23. The van der Waals surface area contributed by atoms with Crippen molar-refractivity contribution < 1.29 is 4.74 Å². The van der Waals surface area contributed by atoms with Crippen LogP contribution in [0.4, 0.5) is 0 Å². The predicted octanol–water partition coefficient (Wildman–Crippen LogP) is 3.76. The van der Waals surface area contributed by atoms with Gasteiger partial charge in [0.25, 0.3) is 0 Å². The number of rotatable bonds is 4. The molecule has 2 nitrogen and oxygen atoms in total. The first-order valence-electron chi connectivity index (χ1n) is 5.90. The summed E-state index contributed by atoms with van der Waals surface area (Å²) in [5.74, 6) is 0.879. The van der Waals surface area contributed by atoms with Gasteiger partial charge in [-0.15, -0.1) is 0 Å². The number of hydrogen-bond acceptors (Lipinski definition) is 2. The van der Waals surface area contributed by atoms with E-state index in [1.54, 1.807) is 0 Å². The standard InChI is InChI=1S/C15H16INO/c1-11(17)15(12-7-3-2-4-8-12)18-14-10-6-5-9-13(14)16/h2-11,15H,17H2,1H3. The Morgan fingerprint density at radius 1 is 1.00 bits per heavy atom. The van der Waals surface area contributed by atoms with E-state index in [2.05, 4.69) is 22.6 Å². The highest BCUT2D eigenvalue weighted by atomic mass is 127. The van der Waals surface area contributed by atoms with Gasteiger partial charge in [0.1, 0.15) is 11.9 Å². The minimum absolute atomic E-state index is 0.0663. The maximum atomic E-state index is 6.06. The molecule has 2 aromatic carbocycles. The first-order valence-corrected chi connectivity index (χ1v) is 6.98. The van der Waals surface area contributed by atoms with Crippen molar-refractivity contribution in [2.45, 2.75) is 19.1 Å². The van der Waals surface area contributed by atoms with E-state index in [1.807, 2.05) is 61.5 Å². The molecule has 0 bridgehead atoms. The summed E-state index contributed by atoms with van der Waals surface area (Å²) >= 11 is 2.27. The normalized spacial score (nSPS) is 13.9. The molecule has 2 N–H and O–H groups in total. The SMILES string of the molecule is CC(N)C(Oc1ccccc1I)c1ccccc1. The van der Waals surface area contributed by atoms with Crippen molar-refractivity contribution in [3.63, 3.8) is 0 Å². The molecule has 2 rings (SSSR count). The van der Waals surface area contributed by atoms with Crippen LogP contribution in [0.3, 0.4) is 0 Å². The minimum Gasteiger partial charge on any atom is -0.483 e. The predicted molar refractivity (Wildman–Crippen MR) is 82.6 cm³/mol. The lowest BCUT2D eigenvalue weighted by molar-refractivity contribution is 0.179. The quantitative estimate of drug-likeness (QED) is 0.850. The molecule has 18 heavy (non-hydrogen) atoms. The van der Waals surface area contributed by atoms with Gasteiger partial charge in [-0.2, -0.15) is 0 Å². The maximum absolute atomic E-state index is 6.06. The fourth-order valence-corrected chi connectivity index (χ4v) is 2.31. The fourth-order valence-electron chi connectivity index (χ4n) is 1.80. The average Bonchev–Trinajstić information content (AvgIpc) is 2.38. The largest absolute Gasteiger partial charge is 0.483 e.